The summed E-state index contributed by atoms with van der Waals surface area (Å²) in [5.74, 6) is 0.691. The van der Waals surface area contributed by atoms with Gasteiger partial charge in [-0.2, -0.15) is 0 Å². The molecule has 0 spiro atoms. The molecule has 5 rings (SSSR count). The third-order valence-electron chi connectivity index (χ3n) is 6.56. The minimum absolute atomic E-state index is 0.136. The molecule has 146 valence electrons. The fourth-order valence-corrected chi connectivity index (χ4v) is 5.10. The van der Waals surface area contributed by atoms with Crippen LogP contribution in [-0.4, -0.2) is 49.9 Å². The molecule has 8 heteroatoms. The van der Waals surface area contributed by atoms with Gasteiger partial charge >= 0.3 is 0 Å². The second-order valence-electron chi connectivity index (χ2n) is 8.21. The molecule has 0 bridgehead atoms. The Morgan fingerprint density at radius 1 is 1.19 bits per heavy atom. The van der Waals surface area contributed by atoms with Crippen molar-refractivity contribution in [3.63, 3.8) is 0 Å². The Labute approximate surface area is 155 Å². The minimum Gasteiger partial charge on any atom is -0.390 e. The summed E-state index contributed by atoms with van der Waals surface area (Å²) in [6.07, 6.45) is 2.91. The number of alkyl halides is 2. The van der Waals surface area contributed by atoms with Crippen LogP contribution in [-0.2, 0) is 0 Å². The van der Waals surface area contributed by atoms with E-state index in [1.165, 1.54) is 0 Å². The number of anilines is 1. The molecule has 3 aliphatic rings. The Hall–Kier alpha value is -1.80. The third kappa shape index (κ3) is 2.81. The first-order valence-corrected chi connectivity index (χ1v) is 9.80. The van der Waals surface area contributed by atoms with E-state index in [1.807, 2.05) is 10.6 Å². The quantitative estimate of drug-likeness (QED) is 0.745. The molecule has 0 radical (unpaired) electrons. The number of pyridine rings is 1. The first kappa shape index (κ1) is 17.3. The Kier molecular flexibility index (Phi) is 4.09. The van der Waals surface area contributed by atoms with Crippen molar-refractivity contribution in [1.29, 1.82) is 0 Å². The Bertz CT molecular complexity index is 852. The van der Waals surface area contributed by atoms with Crippen LogP contribution in [0.1, 0.15) is 49.8 Å². The van der Waals surface area contributed by atoms with Gasteiger partial charge in [0.1, 0.15) is 11.6 Å². The number of nitrogens with zero attached hydrogens (tertiary/aromatic N) is 3. The van der Waals surface area contributed by atoms with Crippen LogP contribution < -0.4 is 5.32 Å². The molecule has 3 aliphatic carbocycles. The van der Waals surface area contributed by atoms with Gasteiger partial charge in [0.25, 0.3) is 6.43 Å². The molecule has 3 fully saturated rings. The van der Waals surface area contributed by atoms with E-state index in [4.69, 9.17) is 4.98 Å². The van der Waals surface area contributed by atoms with E-state index in [-0.39, 0.29) is 17.9 Å². The van der Waals surface area contributed by atoms with E-state index in [0.717, 1.165) is 37.8 Å². The molecule has 0 saturated heterocycles. The van der Waals surface area contributed by atoms with Crippen LogP contribution in [0.4, 0.5) is 14.5 Å². The fourth-order valence-electron chi connectivity index (χ4n) is 5.10. The van der Waals surface area contributed by atoms with Gasteiger partial charge < -0.3 is 20.1 Å². The number of rotatable bonds is 5. The lowest BCUT2D eigenvalue weighted by Gasteiger charge is -2.22. The Morgan fingerprint density at radius 2 is 1.96 bits per heavy atom. The largest absolute Gasteiger partial charge is 0.390 e. The smallest absolute Gasteiger partial charge is 0.255 e. The average molecular weight is 378 g/mol. The summed E-state index contributed by atoms with van der Waals surface area (Å²) < 4.78 is 27.4. The van der Waals surface area contributed by atoms with Crippen molar-refractivity contribution >= 4 is 16.9 Å². The first-order chi connectivity index (χ1) is 13.0. The van der Waals surface area contributed by atoms with Gasteiger partial charge in [-0.1, -0.05) is 12.8 Å². The molecule has 3 N–H and O–H groups in total. The zero-order valence-electron chi connectivity index (χ0n) is 14.9. The normalized spacial score (nSPS) is 33.1. The van der Waals surface area contributed by atoms with Crippen LogP contribution in [0, 0.1) is 11.8 Å². The lowest BCUT2D eigenvalue weighted by Crippen LogP contribution is -2.31. The van der Waals surface area contributed by atoms with E-state index in [2.05, 4.69) is 10.3 Å². The van der Waals surface area contributed by atoms with Crippen LogP contribution >= 0.6 is 0 Å². The monoisotopic (exact) mass is 378 g/mol. The summed E-state index contributed by atoms with van der Waals surface area (Å²) in [4.78, 5) is 9.26. The van der Waals surface area contributed by atoms with Gasteiger partial charge in [-0.05, 0) is 37.2 Å². The molecule has 2 aromatic heterocycles. The third-order valence-corrected chi connectivity index (χ3v) is 6.56. The number of aromatic nitrogens is 3. The van der Waals surface area contributed by atoms with Crippen LogP contribution in [0.15, 0.2) is 12.4 Å². The van der Waals surface area contributed by atoms with Crippen LogP contribution in [0.3, 0.4) is 0 Å². The van der Waals surface area contributed by atoms with Crippen molar-refractivity contribution in [2.75, 3.05) is 11.9 Å². The molecule has 2 heterocycles. The number of halogens is 2. The van der Waals surface area contributed by atoms with Gasteiger partial charge in [0, 0.05) is 11.6 Å². The highest BCUT2D eigenvalue weighted by molar-refractivity contribution is 5.86. The molecule has 2 aromatic rings. The molecule has 0 aliphatic heterocycles. The summed E-state index contributed by atoms with van der Waals surface area (Å²) in [6.45, 7) is -0.439. The van der Waals surface area contributed by atoms with E-state index < -0.39 is 25.2 Å². The maximum Gasteiger partial charge on any atom is 0.255 e. The van der Waals surface area contributed by atoms with Crippen molar-refractivity contribution < 1.29 is 19.0 Å². The summed E-state index contributed by atoms with van der Waals surface area (Å²) in [5.41, 5.74) is 2.63. The van der Waals surface area contributed by atoms with Crippen molar-refractivity contribution in [2.24, 2.45) is 11.8 Å². The van der Waals surface area contributed by atoms with Crippen molar-refractivity contribution in [1.82, 2.24) is 14.5 Å². The van der Waals surface area contributed by atoms with E-state index in [9.17, 15) is 19.0 Å². The number of fused-ring (bicyclic) bond motifs is 2. The molecule has 0 aromatic carbocycles. The summed E-state index contributed by atoms with van der Waals surface area (Å²) in [6, 6.07) is 1.60. The van der Waals surface area contributed by atoms with Crippen LogP contribution in [0.25, 0.3) is 11.2 Å². The second kappa shape index (κ2) is 6.38. The predicted molar refractivity (Wildman–Crippen MR) is 95.9 cm³/mol. The highest BCUT2D eigenvalue weighted by Crippen LogP contribution is 2.58. The number of hydrogen-bond acceptors (Lipinski definition) is 5. The number of imidazole rings is 1. The minimum atomic E-state index is -2.45. The van der Waals surface area contributed by atoms with Gasteiger partial charge in [-0.15, -0.1) is 0 Å². The first-order valence-electron chi connectivity index (χ1n) is 9.80. The number of aliphatic hydroxyl groups excluding tert-OH is 2. The van der Waals surface area contributed by atoms with Gasteiger partial charge in [0.05, 0.1) is 30.7 Å². The SMILES string of the molecule is O[C@@H]1[C@H](O)[C@@H]2C[C@@H]2[C@H]1n1cnc2c(NCC(F)F)cc(C3CCCC3)nc21. The van der Waals surface area contributed by atoms with Crippen molar-refractivity contribution in [2.45, 2.75) is 62.7 Å². The summed E-state index contributed by atoms with van der Waals surface area (Å²) >= 11 is 0. The molecule has 6 nitrogen and oxygen atoms in total. The molecule has 3 saturated carbocycles. The lowest BCUT2D eigenvalue weighted by molar-refractivity contribution is 0.00386. The Morgan fingerprint density at radius 3 is 2.63 bits per heavy atom. The molecular formula is C19H24F2N4O2. The molecular weight excluding hydrogens is 354 g/mol. The topological polar surface area (TPSA) is 83.2 Å². The number of aliphatic hydroxyl groups is 2. The molecule has 0 amide bonds. The van der Waals surface area contributed by atoms with E-state index >= 15 is 0 Å². The second-order valence-corrected chi connectivity index (χ2v) is 8.21. The molecule has 5 atom stereocenters. The van der Waals surface area contributed by atoms with Crippen molar-refractivity contribution in [3.8, 4) is 0 Å². The maximum atomic E-state index is 12.8. The van der Waals surface area contributed by atoms with Gasteiger partial charge in [-0.3, -0.25) is 0 Å². The van der Waals surface area contributed by atoms with Gasteiger partial charge in [-0.25, -0.2) is 18.7 Å². The van der Waals surface area contributed by atoms with Crippen LogP contribution in [0.5, 0.6) is 0 Å². The molecule has 27 heavy (non-hydrogen) atoms. The summed E-state index contributed by atoms with van der Waals surface area (Å²) in [7, 11) is 0. The molecule has 0 unspecified atom stereocenters. The summed E-state index contributed by atoms with van der Waals surface area (Å²) in [5, 5.41) is 23.5. The highest BCUT2D eigenvalue weighted by atomic mass is 19.3. The zero-order valence-corrected chi connectivity index (χ0v) is 14.9. The standard InChI is InChI=1S/C19H24F2N4O2/c20-14(21)7-22-13-6-12(9-3-1-2-4-9)24-19-15(13)23-8-25(19)16-10-5-11(10)17(26)18(16)27/h6,8-11,14,16-18,26-27H,1-5,7H2,(H,22,24)/t10-,11+,16+,17+,18-/m0/s1. The van der Waals surface area contributed by atoms with Gasteiger partial charge in [0.2, 0.25) is 0 Å². The van der Waals surface area contributed by atoms with Gasteiger partial charge in [0.15, 0.2) is 5.65 Å². The zero-order chi connectivity index (χ0) is 18.7. The highest BCUT2D eigenvalue weighted by Gasteiger charge is 2.60. The van der Waals surface area contributed by atoms with E-state index in [0.29, 0.717) is 22.8 Å². The number of nitrogens with one attached hydrogen (secondary N) is 1. The Balaban J connectivity index is 1.58. The number of hydrogen-bond donors (Lipinski definition) is 3. The predicted octanol–water partition coefficient (Wildman–Crippen LogP) is 2.68. The van der Waals surface area contributed by atoms with Crippen molar-refractivity contribution in [3.05, 3.63) is 18.1 Å². The van der Waals surface area contributed by atoms with E-state index in [1.54, 1.807) is 6.33 Å². The van der Waals surface area contributed by atoms with Crippen LogP contribution in [0.2, 0.25) is 0 Å². The maximum absolute atomic E-state index is 12.8. The average Bonchev–Trinajstić information content (AvgIpc) is 2.97. The fraction of sp³-hybridized carbons (Fsp3) is 0.684. The lowest BCUT2D eigenvalue weighted by atomic mass is 10.0.